The van der Waals surface area contributed by atoms with Crippen LogP contribution < -0.4 is 5.73 Å². The van der Waals surface area contributed by atoms with E-state index >= 15 is 0 Å². The predicted molar refractivity (Wildman–Crippen MR) is 227 cm³/mol. The summed E-state index contributed by atoms with van der Waals surface area (Å²) >= 11 is 0. The van der Waals surface area contributed by atoms with E-state index in [4.69, 9.17) is 15.2 Å². The van der Waals surface area contributed by atoms with Gasteiger partial charge in [-0.3, -0.25) is 0 Å². The smallest absolute Gasteiger partial charge is 0.168 e. The summed E-state index contributed by atoms with van der Waals surface area (Å²) in [6, 6.07) is 0. The van der Waals surface area contributed by atoms with Crippen molar-refractivity contribution in [2.24, 2.45) is 5.73 Å². The second kappa shape index (κ2) is 37.1. The van der Waals surface area contributed by atoms with Gasteiger partial charge in [-0.2, -0.15) is 0 Å². The van der Waals surface area contributed by atoms with Gasteiger partial charge in [0.25, 0.3) is 0 Å². The van der Waals surface area contributed by atoms with Crippen molar-refractivity contribution in [3.63, 3.8) is 0 Å². The van der Waals surface area contributed by atoms with Crippen LogP contribution in [0.15, 0.2) is 48.6 Å². The van der Waals surface area contributed by atoms with Gasteiger partial charge in [0.15, 0.2) is 5.79 Å². The molecule has 1 unspecified atom stereocenters. The molecule has 1 heterocycles. The SMILES string of the molecule is CCCCC/C=C\C/C=C\CCCCCCCCC1(CCCCCCCC/C=C\C/C=C\CCCCC)OCC(CCN(C)CCCCCN)O1. The molecule has 1 saturated heterocycles. The largest absolute Gasteiger partial charge is 0.347 e. The Labute approximate surface area is 319 Å². The number of allylic oxidation sites excluding steroid dienone is 8. The molecule has 0 bridgehead atoms. The van der Waals surface area contributed by atoms with Crippen LogP contribution in [0.5, 0.6) is 0 Å². The maximum atomic E-state index is 6.80. The highest BCUT2D eigenvalue weighted by Gasteiger charge is 2.40. The molecule has 0 aliphatic carbocycles. The topological polar surface area (TPSA) is 47.7 Å². The van der Waals surface area contributed by atoms with E-state index in [1.165, 1.54) is 154 Å². The van der Waals surface area contributed by atoms with Gasteiger partial charge >= 0.3 is 0 Å². The van der Waals surface area contributed by atoms with Gasteiger partial charge in [0.2, 0.25) is 0 Å². The molecule has 0 amide bonds. The normalized spacial score (nSPS) is 16.5. The molecule has 0 spiro atoms. The molecule has 1 fully saturated rings. The van der Waals surface area contributed by atoms with Gasteiger partial charge in [-0.05, 0) is 116 Å². The molecule has 4 nitrogen and oxygen atoms in total. The molecule has 4 heteroatoms. The standard InChI is InChI=1S/C47H88N2O2/c1-4-6-8-10-12-14-16-18-20-22-24-26-28-30-32-35-40-47(50-45-46(51-47)39-44-49(3)43-38-34-37-42-48)41-36-33-31-29-27-25-23-21-19-17-15-13-11-9-7-5-2/h12-15,18-21,46H,4-11,16-17,22-45,48H2,1-3H3/b14-12-,15-13-,20-18-,21-19-. The number of hydrogen-bond acceptors (Lipinski definition) is 4. The average molecular weight is 713 g/mol. The number of ether oxygens (including phenoxy) is 2. The maximum absolute atomic E-state index is 6.80. The molecule has 2 N–H and O–H groups in total. The third-order valence-electron chi connectivity index (χ3n) is 10.5. The second-order valence-corrected chi connectivity index (χ2v) is 15.6. The summed E-state index contributed by atoms with van der Waals surface area (Å²) in [5, 5.41) is 0. The zero-order valence-corrected chi connectivity index (χ0v) is 34.6. The molecule has 1 atom stereocenters. The first-order valence-corrected chi connectivity index (χ1v) is 22.5. The van der Waals surface area contributed by atoms with E-state index in [0.717, 1.165) is 64.8 Å². The Hall–Kier alpha value is -1.20. The zero-order valence-electron chi connectivity index (χ0n) is 34.6. The summed E-state index contributed by atoms with van der Waals surface area (Å²) < 4.78 is 13.4. The van der Waals surface area contributed by atoms with Gasteiger partial charge in [0.1, 0.15) is 0 Å². The van der Waals surface area contributed by atoms with E-state index in [2.05, 4.69) is 74.4 Å². The summed E-state index contributed by atoms with van der Waals surface area (Å²) in [6.45, 7) is 8.36. The molecule has 51 heavy (non-hydrogen) atoms. The molecule has 0 aromatic rings. The third kappa shape index (κ3) is 30.9. The number of rotatable bonds is 38. The minimum atomic E-state index is -0.338. The number of nitrogens with zero attached hydrogens (tertiary/aromatic N) is 1. The van der Waals surface area contributed by atoms with Crippen molar-refractivity contribution in [2.75, 3.05) is 33.3 Å². The minimum absolute atomic E-state index is 0.241. The van der Waals surface area contributed by atoms with Gasteiger partial charge < -0.3 is 20.1 Å². The first kappa shape index (κ1) is 47.8. The lowest BCUT2D eigenvalue weighted by Crippen LogP contribution is -2.32. The predicted octanol–water partition coefficient (Wildman–Crippen LogP) is 14.0. The Morgan fingerprint density at radius 1 is 0.529 bits per heavy atom. The average Bonchev–Trinajstić information content (AvgIpc) is 3.55. The Bertz CT molecular complexity index is 786. The molecule has 0 radical (unpaired) electrons. The van der Waals surface area contributed by atoms with E-state index in [1.807, 2.05) is 0 Å². The molecular weight excluding hydrogens is 625 g/mol. The fraction of sp³-hybridized carbons (Fsp3) is 0.830. The van der Waals surface area contributed by atoms with Gasteiger partial charge in [-0.25, -0.2) is 0 Å². The highest BCUT2D eigenvalue weighted by molar-refractivity contribution is 4.93. The molecule has 1 aliphatic rings. The first-order chi connectivity index (χ1) is 25.2. The maximum Gasteiger partial charge on any atom is 0.168 e. The number of hydrogen-bond donors (Lipinski definition) is 1. The van der Waals surface area contributed by atoms with Crippen LogP contribution in [0.2, 0.25) is 0 Å². The molecule has 1 rings (SSSR count). The highest BCUT2D eigenvalue weighted by Crippen LogP contribution is 2.35. The van der Waals surface area contributed by atoms with Crippen molar-refractivity contribution in [2.45, 2.75) is 218 Å². The van der Waals surface area contributed by atoms with Crippen LogP contribution in [0.4, 0.5) is 0 Å². The van der Waals surface area contributed by atoms with Crippen molar-refractivity contribution < 1.29 is 9.47 Å². The summed E-state index contributed by atoms with van der Waals surface area (Å²) in [5.41, 5.74) is 5.67. The van der Waals surface area contributed by atoms with E-state index in [9.17, 15) is 0 Å². The summed E-state index contributed by atoms with van der Waals surface area (Å²) in [5.74, 6) is -0.338. The van der Waals surface area contributed by atoms with Crippen LogP contribution in [0.25, 0.3) is 0 Å². The lowest BCUT2D eigenvalue weighted by atomic mass is 9.98. The fourth-order valence-electron chi connectivity index (χ4n) is 7.09. The Morgan fingerprint density at radius 3 is 1.43 bits per heavy atom. The van der Waals surface area contributed by atoms with Crippen LogP contribution in [0.3, 0.4) is 0 Å². The van der Waals surface area contributed by atoms with E-state index in [-0.39, 0.29) is 11.9 Å². The lowest BCUT2D eigenvalue weighted by molar-refractivity contribution is -0.180. The molecular formula is C47H88N2O2. The third-order valence-corrected chi connectivity index (χ3v) is 10.5. The van der Waals surface area contributed by atoms with Crippen LogP contribution in [-0.2, 0) is 9.47 Å². The van der Waals surface area contributed by atoms with Crippen molar-refractivity contribution in [3.05, 3.63) is 48.6 Å². The van der Waals surface area contributed by atoms with Crippen molar-refractivity contribution in [1.29, 1.82) is 0 Å². The van der Waals surface area contributed by atoms with Crippen molar-refractivity contribution in [1.82, 2.24) is 4.90 Å². The quantitative estimate of drug-likeness (QED) is 0.0511. The second-order valence-electron chi connectivity index (χ2n) is 15.6. The Balaban J connectivity index is 2.28. The first-order valence-electron chi connectivity index (χ1n) is 22.5. The monoisotopic (exact) mass is 713 g/mol. The van der Waals surface area contributed by atoms with Crippen LogP contribution >= 0.6 is 0 Å². The minimum Gasteiger partial charge on any atom is -0.347 e. The zero-order chi connectivity index (χ0) is 36.8. The van der Waals surface area contributed by atoms with E-state index in [0.29, 0.717) is 0 Å². The molecule has 1 aliphatic heterocycles. The molecule has 298 valence electrons. The number of nitrogens with two attached hydrogens (primary N) is 1. The summed E-state index contributed by atoms with van der Waals surface area (Å²) in [7, 11) is 2.25. The van der Waals surface area contributed by atoms with Crippen LogP contribution in [-0.4, -0.2) is 50.1 Å². The number of unbranched alkanes of at least 4 members (excludes halogenated alkanes) is 20. The van der Waals surface area contributed by atoms with Gasteiger partial charge in [0, 0.05) is 19.4 Å². The van der Waals surface area contributed by atoms with Crippen molar-refractivity contribution >= 4 is 0 Å². The van der Waals surface area contributed by atoms with Crippen LogP contribution in [0.1, 0.15) is 206 Å². The van der Waals surface area contributed by atoms with E-state index in [1.54, 1.807) is 0 Å². The summed E-state index contributed by atoms with van der Waals surface area (Å²) in [4.78, 5) is 2.46. The van der Waals surface area contributed by atoms with Crippen molar-refractivity contribution in [3.8, 4) is 0 Å². The van der Waals surface area contributed by atoms with Crippen LogP contribution in [0, 0.1) is 0 Å². The van der Waals surface area contributed by atoms with Gasteiger partial charge in [0.05, 0.1) is 12.7 Å². The Morgan fingerprint density at radius 2 is 0.961 bits per heavy atom. The Kier molecular flexibility index (Phi) is 34.8. The molecule has 0 aromatic carbocycles. The fourth-order valence-corrected chi connectivity index (χ4v) is 7.09. The molecule has 0 saturated carbocycles. The van der Waals surface area contributed by atoms with E-state index < -0.39 is 0 Å². The molecule has 0 aromatic heterocycles. The van der Waals surface area contributed by atoms with Gasteiger partial charge in [-0.1, -0.05) is 146 Å². The lowest BCUT2D eigenvalue weighted by Gasteiger charge is -2.29. The van der Waals surface area contributed by atoms with Gasteiger partial charge in [-0.15, -0.1) is 0 Å². The highest BCUT2D eigenvalue weighted by atomic mass is 16.7. The summed E-state index contributed by atoms with van der Waals surface area (Å²) in [6.07, 6.45) is 56.8.